The summed E-state index contributed by atoms with van der Waals surface area (Å²) in [5.74, 6) is 0.841. The molecule has 0 aliphatic carbocycles. The van der Waals surface area contributed by atoms with E-state index in [2.05, 4.69) is 4.98 Å². The summed E-state index contributed by atoms with van der Waals surface area (Å²) in [6, 6.07) is 6.07. The number of hydrogen-bond donors (Lipinski definition) is 1. The molecule has 0 bridgehead atoms. The Bertz CT molecular complexity index is 500. The number of rotatable bonds is 2. The molecule has 84 valence electrons. The van der Waals surface area contributed by atoms with Crippen LogP contribution < -0.4 is 10.5 Å². The number of thiazole rings is 1. The van der Waals surface area contributed by atoms with E-state index in [4.69, 9.17) is 10.5 Å². The van der Waals surface area contributed by atoms with Crippen LogP contribution in [0.25, 0.3) is 10.6 Å². The number of aromatic nitrogens is 1. The van der Waals surface area contributed by atoms with Crippen molar-refractivity contribution in [1.82, 2.24) is 4.98 Å². The average Bonchev–Trinajstić information content (AvgIpc) is 2.59. The summed E-state index contributed by atoms with van der Waals surface area (Å²) in [6.07, 6.45) is 0. The van der Waals surface area contributed by atoms with E-state index in [1.807, 2.05) is 32.0 Å². The van der Waals surface area contributed by atoms with Crippen molar-refractivity contribution in [3.05, 3.63) is 29.5 Å². The highest BCUT2D eigenvalue weighted by atomic mass is 32.1. The third-order valence-electron chi connectivity index (χ3n) is 2.42. The van der Waals surface area contributed by atoms with Crippen LogP contribution in [0.4, 0.5) is 5.00 Å². The molecule has 1 heterocycles. The molecule has 0 spiro atoms. The zero-order chi connectivity index (χ0) is 11.7. The quantitative estimate of drug-likeness (QED) is 0.869. The molecule has 4 heteroatoms. The van der Waals surface area contributed by atoms with E-state index in [1.54, 1.807) is 7.11 Å². The van der Waals surface area contributed by atoms with E-state index in [9.17, 15) is 0 Å². The zero-order valence-electron chi connectivity index (χ0n) is 9.57. The SMILES string of the molecule is COc1cc(C)ccc1-c1nc(C)c(N)s1. The molecule has 3 nitrogen and oxygen atoms in total. The predicted molar refractivity (Wildman–Crippen MR) is 68.0 cm³/mol. The fourth-order valence-electron chi connectivity index (χ4n) is 1.50. The topological polar surface area (TPSA) is 48.1 Å². The smallest absolute Gasteiger partial charge is 0.129 e. The van der Waals surface area contributed by atoms with Gasteiger partial charge < -0.3 is 10.5 Å². The Morgan fingerprint density at radius 2 is 2.06 bits per heavy atom. The number of nitrogens with zero attached hydrogens (tertiary/aromatic N) is 1. The summed E-state index contributed by atoms with van der Waals surface area (Å²) in [5, 5.41) is 1.67. The summed E-state index contributed by atoms with van der Waals surface area (Å²) in [6.45, 7) is 3.95. The number of hydrogen-bond acceptors (Lipinski definition) is 4. The maximum Gasteiger partial charge on any atom is 0.129 e. The lowest BCUT2D eigenvalue weighted by molar-refractivity contribution is 0.416. The molecule has 2 aromatic rings. The van der Waals surface area contributed by atoms with Gasteiger partial charge in [0.25, 0.3) is 0 Å². The molecule has 0 fully saturated rings. The van der Waals surface area contributed by atoms with Gasteiger partial charge >= 0.3 is 0 Å². The number of nitrogens with two attached hydrogens (primary N) is 1. The van der Waals surface area contributed by atoms with Crippen LogP contribution in [0.3, 0.4) is 0 Å². The minimum atomic E-state index is 0.762. The van der Waals surface area contributed by atoms with Crippen molar-refractivity contribution < 1.29 is 4.74 Å². The Morgan fingerprint density at radius 3 is 2.62 bits per heavy atom. The number of benzene rings is 1. The molecule has 0 aliphatic heterocycles. The van der Waals surface area contributed by atoms with Crippen molar-refractivity contribution in [3.8, 4) is 16.3 Å². The summed E-state index contributed by atoms with van der Waals surface area (Å²) >= 11 is 1.49. The molecule has 1 aromatic heterocycles. The van der Waals surface area contributed by atoms with Crippen molar-refractivity contribution in [2.75, 3.05) is 12.8 Å². The van der Waals surface area contributed by atoms with Crippen molar-refractivity contribution in [2.45, 2.75) is 13.8 Å². The fourth-order valence-corrected chi connectivity index (χ4v) is 2.36. The summed E-state index contributed by atoms with van der Waals surface area (Å²) in [5.41, 5.74) is 8.86. The van der Waals surface area contributed by atoms with E-state index < -0.39 is 0 Å². The van der Waals surface area contributed by atoms with Crippen LogP contribution in [0, 0.1) is 13.8 Å². The van der Waals surface area contributed by atoms with E-state index in [-0.39, 0.29) is 0 Å². The van der Waals surface area contributed by atoms with Gasteiger partial charge in [-0.15, -0.1) is 0 Å². The third-order valence-corrected chi connectivity index (χ3v) is 3.44. The van der Waals surface area contributed by atoms with Crippen LogP contribution in [0.1, 0.15) is 11.3 Å². The van der Waals surface area contributed by atoms with Crippen LogP contribution >= 0.6 is 11.3 Å². The Morgan fingerprint density at radius 1 is 1.31 bits per heavy atom. The van der Waals surface area contributed by atoms with Crippen LogP contribution in [-0.2, 0) is 0 Å². The summed E-state index contributed by atoms with van der Waals surface area (Å²) in [4.78, 5) is 4.43. The first-order valence-electron chi connectivity index (χ1n) is 4.99. The molecular formula is C12H14N2OS. The third kappa shape index (κ3) is 1.88. The first-order valence-corrected chi connectivity index (χ1v) is 5.81. The number of ether oxygens (including phenoxy) is 1. The molecule has 0 aliphatic rings. The second-order valence-electron chi connectivity index (χ2n) is 3.67. The highest BCUT2D eigenvalue weighted by Gasteiger charge is 2.11. The lowest BCUT2D eigenvalue weighted by Gasteiger charge is -2.06. The van der Waals surface area contributed by atoms with Gasteiger partial charge in [-0.05, 0) is 31.5 Å². The van der Waals surface area contributed by atoms with Gasteiger partial charge in [-0.3, -0.25) is 0 Å². The predicted octanol–water partition coefficient (Wildman–Crippen LogP) is 3.02. The van der Waals surface area contributed by atoms with Crippen molar-refractivity contribution in [3.63, 3.8) is 0 Å². The minimum Gasteiger partial charge on any atom is -0.496 e. The number of anilines is 1. The first-order chi connectivity index (χ1) is 7.61. The maximum absolute atomic E-state index is 5.81. The number of aryl methyl sites for hydroxylation is 2. The molecule has 2 rings (SSSR count). The lowest BCUT2D eigenvalue weighted by atomic mass is 10.1. The molecule has 0 saturated heterocycles. The van der Waals surface area contributed by atoms with Gasteiger partial charge in [0.1, 0.15) is 15.8 Å². The van der Waals surface area contributed by atoms with Gasteiger partial charge in [0.05, 0.1) is 18.4 Å². The Hall–Kier alpha value is -1.55. The zero-order valence-corrected chi connectivity index (χ0v) is 10.4. The molecule has 0 saturated carbocycles. The van der Waals surface area contributed by atoms with Gasteiger partial charge in [-0.25, -0.2) is 4.98 Å². The van der Waals surface area contributed by atoms with Gasteiger partial charge in [-0.2, -0.15) is 0 Å². The largest absolute Gasteiger partial charge is 0.496 e. The molecule has 0 amide bonds. The maximum atomic E-state index is 5.81. The van der Waals surface area contributed by atoms with Crippen LogP contribution in [0.5, 0.6) is 5.75 Å². The van der Waals surface area contributed by atoms with E-state index >= 15 is 0 Å². The van der Waals surface area contributed by atoms with E-state index in [0.29, 0.717) is 0 Å². The van der Waals surface area contributed by atoms with Crippen LogP contribution in [-0.4, -0.2) is 12.1 Å². The van der Waals surface area contributed by atoms with E-state index in [1.165, 1.54) is 16.9 Å². The molecule has 1 aromatic carbocycles. The van der Waals surface area contributed by atoms with Crippen molar-refractivity contribution in [2.24, 2.45) is 0 Å². The fraction of sp³-hybridized carbons (Fsp3) is 0.250. The summed E-state index contributed by atoms with van der Waals surface area (Å²) in [7, 11) is 1.67. The highest BCUT2D eigenvalue weighted by molar-refractivity contribution is 7.18. The first kappa shape index (κ1) is 11.0. The lowest BCUT2D eigenvalue weighted by Crippen LogP contribution is -1.88. The Kier molecular flexibility index (Phi) is 2.83. The molecular weight excluding hydrogens is 220 g/mol. The van der Waals surface area contributed by atoms with Gasteiger partial charge in [-0.1, -0.05) is 17.4 Å². The van der Waals surface area contributed by atoms with Crippen LogP contribution in [0.15, 0.2) is 18.2 Å². The van der Waals surface area contributed by atoms with Gasteiger partial charge in [0.2, 0.25) is 0 Å². The normalized spacial score (nSPS) is 10.4. The Balaban J connectivity index is 2.55. The summed E-state index contributed by atoms with van der Waals surface area (Å²) < 4.78 is 5.36. The standard InChI is InChI=1S/C12H14N2OS/c1-7-4-5-9(10(6-7)15-3)12-14-8(2)11(13)16-12/h4-6H,13H2,1-3H3. The van der Waals surface area contributed by atoms with Crippen molar-refractivity contribution in [1.29, 1.82) is 0 Å². The van der Waals surface area contributed by atoms with E-state index in [0.717, 1.165) is 27.0 Å². The average molecular weight is 234 g/mol. The Labute approximate surface area is 98.9 Å². The number of methoxy groups -OCH3 is 1. The van der Waals surface area contributed by atoms with Crippen molar-refractivity contribution >= 4 is 16.3 Å². The molecule has 0 unspecified atom stereocenters. The number of nitrogen functional groups attached to an aromatic ring is 1. The molecule has 16 heavy (non-hydrogen) atoms. The van der Waals surface area contributed by atoms with Crippen LogP contribution in [0.2, 0.25) is 0 Å². The molecule has 0 atom stereocenters. The molecule has 0 radical (unpaired) electrons. The second-order valence-corrected chi connectivity index (χ2v) is 4.70. The molecule has 2 N–H and O–H groups in total. The van der Waals surface area contributed by atoms with Gasteiger partial charge in [0, 0.05) is 0 Å². The minimum absolute atomic E-state index is 0.762. The highest BCUT2D eigenvalue weighted by Crippen LogP contribution is 2.35. The second kappa shape index (κ2) is 4.14. The monoisotopic (exact) mass is 234 g/mol. The van der Waals surface area contributed by atoms with Gasteiger partial charge in [0.15, 0.2) is 0 Å².